The second-order valence-electron chi connectivity index (χ2n) is 6.25. The molecule has 19 heavy (non-hydrogen) atoms. The van der Waals surface area contributed by atoms with E-state index >= 15 is 0 Å². The van der Waals surface area contributed by atoms with E-state index in [-0.39, 0.29) is 17.7 Å². The van der Waals surface area contributed by atoms with Crippen molar-refractivity contribution < 1.29 is 8.42 Å². The maximum atomic E-state index is 12.2. The van der Waals surface area contributed by atoms with Crippen molar-refractivity contribution in [1.29, 1.82) is 0 Å². The zero-order chi connectivity index (χ0) is 13.9. The lowest BCUT2D eigenvalue weighted by molar-refractivity contribution is 0.188. The zero-order valence-corrected chi connectivity index (χ0v) is 12.9. The molecule has 0 aromatic rings. The molecule has 2 rings (SSSR count). The third-order valence-corrected chi connectivity index (χ3v) is 5.87. The Morgan fingerprint density at radius 2 is 2.16 bits per heavy atom. The fourth-order valence-corrected chi connectivity index (χ4v) is 5.00. The Morgan fingerprint density at radius 1 is 1.37 bits per heavy atom. The van der Waals surface area contributed by atoms with Crippen LogP contribution in [-0.4, -0.2) is 58.3 Å². The number of nitrogens with zero attached hydrogens (tertiary/aromatic N) is 1. The molecular formula is C13H27N3O2S. The summed E-state index contributed by atoms with van der Waals surface area (Å²) in [4.78, 5) is 2.26. The van der Waals surface area contributed by atoms with Crippen LogP contribution in [0.25, 0.3) is 0 Å². The standard InChI is InChI=1S/C13H27N3O2S/c1-11-9-16(2)7-5-13(11)15-19(17,18)10-12-4-3-6-14-8-12/h11-15H,3-10H2,1-2H3. The van der Waals surface area contributed by atoms with Gasteiger partial charge in [-0.3, -0.25) is 0 Å². The molecule has 0 amide bonds. The van der Waals surface area contributed by atoms with Crippen LogP contribution in [-0.2, 0) is 10.0 Å². The molecule has 0 saturated carbocycles. The molecule has 0 bridgehead atoms. The molecule has 2 heterocycles. The first kappa shape index (κ1) is 15.2. The van der Waals surface area contributed by atoms with Gasteiger partial charge in [0.15, 0.2) is 0 Å². The summed E-state index contributed by atoms with van der Waals surface area (Å²) in [6.07, 6.45) is 3.03. The first-order valence-corrected chi connectivity index (χ1v) is 9.01. The Labute approximate surface area is 117 Å². The highest BCUT2D eigenvalue weighted by molar-refractivity contribution is 7.89. The van der Waals surface area contributed by atoms with Gasteiger partial charge in [0.1, 0.15) is 0 Å². The van der Waals surface area contributed by atoms with E-state index in [2.05, 4.69) is 28.9 Å². The number of rotatable bonds is 4. The highest BCUT2D eigenvalue weighted by atomic mass is 32.2. The molecule has 2 aliphatic rings. The summed E-state index contributed by atoms with van der Waals surface area (Å²) < 4.78 is 27.4. The first-order valence-electron chi connectivity index (χ1n) is 7.35. The number of hydrogen-bond acceptors (Lipinski definition) is 4. The zero-order valence-electron chi connectivity index (χ0n) is 12.1. The summed E-state index contributed by atoms with van der Waals surface area (Å²) >= 11 is 0. The van der Waals surface area contributed by atoms with Crippen LogP contribution < -0.4 is 10.0 Å². The van der Waals surface area contributed by atoms with Crippen molar-refractivity contribution in [3.8, 4) is 0 Å². The maximum Gasteiger partial charge on any atom is 0.212 e. The summed E-state index contributed by atoms with van der Waals surface area (Å²) in [7, 11) is -1.05. The van der Waals surface area contributed by atoms with Gasteiger partial charge in [-0.05, 0) is 57.8 Å². The van der Waals surface area contributed by atoms with Gasteiger partial charge in [-0.1, -0.05) is 6.92 Å². The van der Waals surface area contributed by atoms with Gasteiger partial charge in [-0.15, -0.1) is 0 Å². The molecule has 3 unspecified atom stereocenters. The fraction of sp³-hybridized carbons (Fsp3) is 1.00. The molecule has 3 atom stereocenters. The summed E-state index contributed by atoms with van der Waals surface area (Å²) in [6, 6.07) is 0.109. The monoisotopic (exact) mass is 289 g/mol. The Balaban J connectivity index is 1.86. The molecule has 0 aromatic carbocycles. The van der Waals surface area contributed by atoms with Gasteiger partial charge in [0.2, 0.25) is 10.0 Å². The highest BCUT2D eigenvalue weighted by Crippen LogP contribution is 2.18. The lowest BCUT2D eigenvalue weighted by Crippen LogP contribution is -2.50. The van der Waals surface area contributed by atoms with E-state index in [0.29, 0.717) is 5.92 Å². The molecule has 0 aromatic heterocycles. The van der Waals surface area contributed by atoms with Crippen molar-refractivity contribution in [2.75, 3.05) is 39.0 Å². The molecule has 0 spiro atoms. The minimum atomic E-state index is -3.14. The van der Waals surface area contributed by atoms with Gasteiger partial charge in [0.25, 0.3) is 0 Å². The smallest absolute Gasteiger partial charge is 0.212 e. The van der Waals surface area contributed by atoms with Crippen LogP contribution in [0.15, 0.2) is 0 Å². The number of hydrogen-bond donors (Lipinski definition) is 2. The number of piperidine rings is 2. The number of sulfonamides is 1. The SMILES string of the molecule is CC1CN(C)CCC1NS(=O)(=O)CC1CCCNC1. The van der Waals surface area contributed by atoms with Gasteiger partial charge >= 0.3 is 0 Å². The van der Waals surface area contributed by atoms with Gasteiger partial charge in [0.05, 0.1) is 5.75 Å². The average Bonchev–Trinajstić information content (AvgIpc) is 2.33. The third kappa shape index (κ3) is 4.70. The number of nitrogens with one attached hydrogen (secondary N) is 2. The quantitative estimate of drug-likeness (QED) is 0.779. The lowest BCUT2D eigenvalue weighted by atomic mass is 9.95. The van der Waals surface area contributed by atoms with Crippen molar-refractivity contribution in [3.63, 3.8) is 0 Å². The molecule has 112 valence electrons. The summed E-state index contributed by atoms with van der Waals surface area (Å²) in [5, 5.41) is 3.28. The van der Waals surface area contributed by atoms with Crippen molar-refractivity contribution in [2.45, 2.75) is 32.2 Å². The Morgan fingerprint density at radius 3 is 2.79 bits per heavy atom. The molecule has 2 aliphatic heterocycles. The Kier molecular flexibility index (Phi) is 5.22. The fourth-order valence-electron chi connectivity index (χ4n) is 3.18. The maximum absolute atomic E-state index is 12.2. The van der Waals surface area contributed by atoms with Gasteiger partial charge < -0.3 is 10.2 Å². The molecule has 2 saturated heterocycles. The molecule has 5 nitrogen and oxygen atoms in total. The van der Waals surface area contributed by atoms with Crippen molar-refractivity contribution in [3.05, 3.63) is 0 Å². The lowest BCUT2D eigenvalue weighted by Gasteiger charge is -2.35. The average molecular weight is 289 g/mol. The van der Waals surface area contributed by atoms with E-state index in [1.807, 2.05) is 0 Å². The van der Waals surface area contributed by atoms with Crippen molar-refractivity contribution in [1.82, 2.24) is 14.9 Å². The summed E-state index contributed by atoms with van der Waals surface area (Å²) in [6.45, 7) is 5.94. The number of likely N-dealkylation sites (tertiary alicyclic amines) is 1. The predicted molar refractivity (Wildman–Crippen MR) is 77.6 cm³/mol. The molecule has 2 N–H and O–H groups in total. The predicted octanol–water partition coefficient (Wildman–Crippen LogP) is 0.246. The topological polar surface area (TPSA) is 61.4 Å². The van der Waals surface area contributed by atoms with E-state index in [1.54, 1.807) is 0 Å². The molecule has 6 heteroatoms. The second kappa shape index (κ2) is 6.52. The normalized spacial score (nSPS) is 34.3. The minimum absolute atomic E-state index is 0.109. The van der Waals surface area contributed by atoms with Gasteiger partial charge in [0, 0.05) is 12.6 Å². The van der Waals surface area contributed by atoms with E-state index in [1.165, 1.54) is 0 Å². The largest absolute Gasteiger partial charge is 0.316 e. The van der Waals surface area contributed by atoms with Crippen LogP contribution in [0.1, 0.15) is 26.2 Å². The van der Waals surface area contributed by atoms with Crippen LogP contribution in [0.3, 0.4) is 0 Å². The molecule has 0 aliphatic carbocycles. The van der Waals surface area contributed by atoms with E-state index in [9.17, 15) is 8.42 Å². The molecule has 0 radical (unpaired) electrons. The van der Waals surface area contributed by atoms with E-state index in [0.717, 1.165) is 45.4 Å². The first-order chi connectivity index (χ1) is 8.96. The van der Waals surface area contributed by atoms with Crippen molar-refractivity contribution in [2.24, 2.45) is 11.8 Å². The summed E-state index contributed by atoms with van der Waals surface area (Å²) in [5.41, 5.74) is 0. The highest BCUT2D eigenvalue weighted by Gasteiger charge is 2.29. The minimum Gasteiger partial charge on any atom is -0.316 e. The van der Waals surface area contributed by atoms with Crippen LogP contribution in [0, 0.1) is 11.8 Å². The van der Waals surface area contributed by atoms with E-state index in [4.69, 9.17) is 0 Å². The van der Waals surface area contributed by atoms with E-state index < -0.39 is 10.0 Å². The van der Waals surface area contributed by atoms with Gasteiger partial charge in [-0.2, -0.15) is 0 Å². The van der Waals surface area contributed by atoms with Crippen LogP contribution >= 0.6 is 0 Å². The Hall–Kier alpha value is -0.170. The van der Waals surface area contributed by atoms with Gasteiger partial charge in [-0.25, -0.2) is 13.1 Å². The Bertz CT molecular complexity index is 379. The third-order valence-electron chi connectivity index (χ3n) is 4.29. The van der Waals surface area contributed by atoms with Crippen LogP contribution in [0.2, 0.25) is 0 Å². The summed E-state index contributed by atoms with van der Waals surface area (Å²) in [5.74, 6) is 0.935. The second-order valence-corrected chi connectivity index (χ2v) is 8.04. The van der Waals surface area contributed by atoms with Crippen molar-refractivity contribution >= 4 is 10.0 Å². The molecule has 2 fully saturated rings. The van der Waals surface area contributed by atoms with Crippen LogP contribution in [0.4, 0.5) is 0 Å². The molecular weight excluding hydrogens is 262 g/mol. The van der Waals surface area contributed by atoms with Crippen LogP contribution in [0.5, 0.6) is 0 Å².